The summed E-state index contributed by atoms with van der Waals surface area (Å²) < 4.78 is 0. The molecule has 1 heterocycles. The third-order valence-corrected chi connectivity index (χ3v) is 4.00. The first-order valence-electron chi connectivity index (χ1n) is 7.78. The molecule has 2 aromatic rings. The summed E-state index contributed by atoms with van der Waals surface area (Å²) in [7, 11) is 0. The number of hydrogen-bond acceptors (Lipinski definition) is 3. The Kier molecular flexibility index (Phi) is 4.71. The van der Waals surface area contributed by atoms with Crippen LogP contribution in [0.25, 0.3) is 10.8 Å². The molecule has 0 spiro atoms. The molecule has 0 saturated heterocycles. The summed E-state index contributed by atoms with van der Waals surface area (Å²) in [5.74, 6) is 0. The van der Waals surface area contributed by atoms with Crippen LogP contribution in [-0.2, 0) is 0 Å². The van der Waals surface area contributed by atoms with Crippen molar-refractivity contribution in [3.8, 4) is 0 Å². The quantitative estimate of drug-likeness (QED) is 0.881. The van der Waals surface area contributed by atoms with Gasteiger partial charge in [-0.25, -0.2) is 9.79 Å². The predicted molar refractivity (Wildman–Crippen MR) is 99.3 cm³/mol. The minimum atomic E-state index is -0.525. The number of benzene rings is 2. The van der Waals surface area contributed by atoms with Crippen LogP contribution in [0.15, 0.2) is 59.7 Å². The third-order valence-electron chi connectivity index (χ3n) is 3.78. The minimum absolute atomic E-state index is 0.181. The first kappa shape index (κ1) is 16.3. The molecule has 0 radical (unpaired) electrons. The summed E-state index contributed by atoms with van der Waals surface area (Å²) >= 11 is 5.96. The molecule has 0 bridgehead atoms. The van der Waals surface area contributed by atoms with Crippen molar-refractivity contribution in [3.63, 3.8) is 0 Å². The fraction of sp³-hybridized carbons (Fsp3) is 0.222. The van der Waals surface area contributed by atoms with Crippen molar-refractivity contribution in [2.24, 2.45) is 4.99 Å². The molecular formula is C18H19ClN4O. The number of aliphatic imine (C=N–C) groups is 1. The van der Waals surface area contributed by atoms with Crippen molar-refractivity contribution >= 4 is 39.3 Å². The summed E-state index contributed by atoms with van der Waals surface area (Å²) in [6.45, 7) is 4.05. The zero-order chi connectivity index (χ0) is 17.1. The smallest absolute Gasteiger partial charge is 0.322 e. The fourth-order valence-electron chi connectivity index (χ4n) is 2.57. The van der Waals surface area contributed by atoms with Crippen LogP contribution in [0.3, 0.4) is 0 Å². The van der Waals surface area contributed by atoms with Crippen molar-refractivity contribution < 1.29 is 4.79 Å². The van der Waals surface area contributed by atoms with E-state index in [1.165, 1.54) is 0 Å². The fourth-order valence-corrected chi connectivity index (χ4v) is 2.72. The van der Waals surface area contributed by atoms with Crippen molar-refractivity contribution in [1.29, 1.82) is 0 Å². The monoisotopic (exact) mass is 342 g/mol. The highest BCUT2D eigenvalue weighted by atomic mass is 35.5. The number of carbonyl (C=O) groups is 1. The van der Waals surface area contributed by atoms with Gasteiger partial charge in [-0.1, -0.05) is 41.9 Å². The van der Waals surface area contributed by atoms with Crippen LogP contribution < -0.4 is 10.6 Å². The molecule has 5 nitrogen and oxygen atoms in total. The summed E-state index contributed by atoms with van der Waals surface area (Å²) in [6, 6.07) is 13.6. The zero-order valence-electron chi connectivity index (χ0n) is 13.5. The van der Waals surface area contributed by atoms with Gasteiger partial charge in [0.1, 0.15) is 5.17 Å². The van der Waals surface area contributed by atoms with Gasteiger partial charge in [-0.2, -0.15) is 0 Å². The molecule has 0 saturated carbocycles. The molecule has 24 heavy (non-hydrogen) atoms. The highest BCUT2D eigenvalue weighted by molar-refractivity contribution is 6.68. The van der Waals surface area contributed by atoms with Crippen LogP contribution in [0, 0.1) is 0 Å². The van der Waals surface area contributed by atoms with Crippen molar-refractivity contribution in [2.75, 3.05) is 5.32 Å². The first-order chi connectivity index (χ1) is 11.5. The number of carbonyl (C=O) groups excluding carboxylic acids is 1. The number of fused-ring (bicyclic) bond motifs is 1. The minimum Gasteiger partial charge on any atom is -0.337 e. The van der Waals surface area contributed by atoms with Crippen LogP contribution in [0.2, 0.25) is 0 Å². The highest BCUT2D eigenvalue weighted by Gasteiger charge is 2.22. The predicted octanol–water partition coefficient (Wildman–Crippen LogP) is 4.12. The number of nitrogens with zero attached hydrogens (tertiary/aromatic N) is 2. The Morgan fingerprint density at radius 1 is 1.21 bits per heavy atom. The van der Waals surface area contributed by atoms with Crippen molar-refractivity contribution in [3.05, 3.63) is 54.7 Å². The van der Waals surface area contributed by atoms with E-state index >= 15 is 0 Å². The number of nitrogens with one attached hydrogen (secondary N) is 2. The van der Waals surface area contributed by atoms with Gasteiger partial charge in [-0.3, -0.25) is 5.32 Å². The Labute approximate surface area is 146 Å². The normalized spacial score (nSPS) is 17.1. The molecule has 1 unspecified atom stereocenters. The lowest BCUT2D eigenvalue weighted by Gasteiger charge is -2.33. The van der Waals surface area contributed by atoms with E-state index in [4.69, 9.17) is 11.6 Å². The number of allylic oxidation sites excluding steroid dienone is 1. The number of amides is 2. The molecule has 2 amide bonds. The Hall–Kier alpha value is -2.53. The lowest BCUT2D eigenvalue weighted by Crippen LogP contribution is -2.50. The summed E-state index contributed by atoms with van der Waals surface area (Å²) in [6.07, 6.45) is 3.02. The molecule has 1 aliphatic heterocycles. The summed E-state index contributed by atoms with van der Waals surface area (Å²) in [4.78, 5) is 18.5. The average molecular weight is 343 g/mol. The Morgan fingerprint density at radius 3 is 2.71 bits per heavy atom. The molecular weight excluding hydrogens is 324 g/mol. The van der Waals surface area contributed by atoms with Crippen LogP contribution in [0.5, 0.6) is 0 Å². The van der Waals surface area contributed by atoms with E-state index in [-0.39, 0.29) is 12.1 Å². The van der Waals surface area contributed by atoms with Crippen LogP contribution in [-0.4, -0.2) is 28.4 Å². The van der Waals surface area contributed by atoms with Gasteiger partial charge in [-0.05, 0) is 42.8 Å². The second-order valence-electron chi connectivity index (χ2n) is 5.84. The van der Waals surface area contributed by atoms with E-state index in [0.29, 0.717) is 5.17 Å². The van der Waals surface area contributed by atoms with Gasteiger partial charge in [0.15, 0.2) is 0 Å². The standard InChI is InChI=1S/C18H19ClN4O/c1-12(2)23-10-9-16(19)21-17(23)22-18(24)20-15-8-7-13-5-3-4-6-14(13)11-15/h3-12,17H,1-2H3,(H2,20,22,24). The second-order valence-corrected chi connectivity index (χ2v) is 6.23. The molecule has 0 aliphatic carbocycles. The summed E-state index contributed by atoms with van der Waals surface area (Å²) in [5.41, 5.74) is 0.726. The first-order valence-corrected chi connectivity index (χ1v) is 8.16. The van der Waals surface area contributed by atoms with Gasteiger partial charge in [-0.15, -0.1) is 0 Å². The highest BCUT2D eigenvalue weighted by Crippen LogP contribution is 2.19. The molecule has 2 N–H and O–H groups in total. The average Bonchev–Trinajstić information content (AvgIpc) is 2.54. The number of hydrogen-bond donors (Lipinski definition) is 2. The van der Waals surface area contributed by atoms with Gasteiger partial charge in [0, 0.05) is 17.9 Å². The number of urea groups is 1. The largest absolute Gasteiger partial charge is 0.337 e. The SMILES string of the molecule is CC(C)N1C=CC(Cl)=NC1NC(=O)Nc1ccc2ccccc2c1. The molecule has 1 aliphatic rings. The van der Waals surface area contributed by atoms with Gasteiger partial charge < -0.3 is 10.2 Å². The Bertz CT molecular complexity index is 816. The van der Waals surface area contributed by atoms with Crippen LogP contribution in [0.4, 0.5) is 10.5 Å². The van der Waals surface area contributed by atoms with Crippen LogP contribution >= 0.6 is 11.6 Å². The lowest BCUT2D eigenvalue weighted by molar-refractivity contribution is 0.193. The number of anilines is 1. The topological polar surface area (TPSA) is 56.7 Å². The van der Waals surface area contributed by atoms with Gasteiger partial charge in [0.2, 0.25) is 6.29 Å². The van der Waals surface area contributed by atoms with E-state index < -0.39 is 6.29 Å². The van der Waals surface area contributed by atoms with Crippen molar-refractivity contribution in [2.45, 2.75) is 26.2 Å². The second kappa shape index (κ2) is 6.93. The molecule has 0 fully saturated rings. The van der Waals surface area contributed by atoms with Crippen molar-refractivity contribution in [1.82, 2.24) is 10.2 Å². The van der Waals surface area contributed by atoms with Gasteiger partial charge in [0.25, 0.3) is 0 Å². The summed E-state index contributed by atoms with van der Waals surface area (Å²) in [5, 5.41) is 8.23. The maximum Gasteiger partial charge on any atom is 0.322 e. The van der Waals surface area contributed by atoms with Crippen LogP contribution in [0.1, 0.15) is 13.8 Å². The van der Waals surface area contributed by atoms with Gasteiger partial charge in [0.05, 0.1) is 0 Å². The number of rotatable bonds is 3. The Balaban J connectivity index is 1.70. The molecule has 3 rings (SSSR count). The molecule has 124 valence electrons. The van der Waals surface area contributed by atoms with E-state index in [1.54, 1.807) is 6.08 Å². The number of halogens is 1. The molecule has 1 atom stereocenters. The van der Waals surface area contributed by atoms with E-state index in [2.05, 4.69) is 15.6 Å². The molecule has 6 heteroatoms. The lowest BCUT2D eigenvalue weighted by atomic mass is 10.1. The van der Waals surface area contributed by atoms with E-state index in [9.17, 15) is 4.79 Å². The zero-order valence-corrected chi connectivity index (χ0v) is 14.3. The maximum absolute atomic E-state index is 12.3. The molecule has 2 aromatic carbocycles. The van der Waals surface area contributed by atoms with E-state index in [1.807, 2.05) is 67.4 Å². The Morgan fingerprint density at radius 2 is 1.96 bits per heavy atom. The third kappa shape index (κ3) is 3.68. The maximum atomic E-state index is 12.3. The van der Waals surface area contributed by atoms with Gasteiger partial charge >= 0.3 is 6.03 Å². The van der Waals surface area contributed by atoms with E-state index in [0.717, 1.165) is 16.5 Å². The molecule has 0 aromatic heterocycles.